The van der Waals surface area contributed by atoms with Crippen molar-refractivity contribution in [1.82, 2.24) is 5.32 Å². The number of nitrogens with two attached hydrogens (primary N) is 1. The number of anilines is 1. The first-order valence-corrected chi connectivity index (χ1v) is 5.70. The van der Waals surface area contributed by atoms with Crippen molar-refractivity contribution in [3.8, 4) is 0 Å². The highest BCUT2D eigenvalue weighted by molar-refractivity contribution is 5.71. The molecule has 1 fully saturated rings. The Kier molecular flexibility index (Phi) is 3.82. The molecular formula is C12H17N3O2. The SMILES string of the molecule is NC(=O)NCc1ccc(N2CCOCC2)cc1. The van der Waals surface area contributed by atoms with Crippen LogP contribution in [0.15, 0.2) is 24.3 Å². The van der Waals surface area contributed by atoms with Crippen LogP contribution in [0.2, 0.25) is 0 Å². The molecule has 1 heterocycles. The number of hydrogen-bond acceptors (Lipinski definition) is 3. The van der Waals surface area contributed by atoms with Gasteiger partial charge in [-0.15, -0.1) is 0 Å². The summed E-state index contributed by atoms with van der Waals surface area (Å²) in [5.74, 6) is 0. The van der Waals surface area contributed by atoms with Crippen LogP contribution in [0.4, 0.5) is 10.5 Å². The summed E-state index contributed by atoms with van der Waals surface area (Å²) in [5.41, 5.74) is 7.25. The van der Waals surface area contributed by atoms with Crippen LogP contribution < -0.4 is 16.0 Å². The molecule has 0 unspecified atom stereocenters. The molecule has 1 aromatic rings. The molecule has 1 aromatic carbocycles. The fraction of sp³-hybridized carbons (Fsp3) is 0.417. The molecule has 2 rings (SSSR count). The molecule has 1 saturated heterocycles. The van der Waals surface area contributed by atoms with E-state index in [1.165, 1.54) is 5.69 Å². The number of nitrogens with one attached hydrogen (secondary N) is 1. The first kappa shape index (κ1) is 11.7. The lowest BCUT2D eigenvalue weighted by Gasteiger charge is -2.28. The Bertz CT molecular complexity index is 372. The molecule has 3 N–H and O–H groups in total. The van der Waals surface area contributed by atoms with Gasteiger partial charge in [0.25, 0.3) is 0 Å². The van der Waals surface area contributed by atoms with Crippen LogP contribution in [0.1, 0.15) is 5.56 Å². The van der Waals surface area contributed by atoms with Crippen molar-refractivity contribution < 1.29 is 9.53 Å². The number of carbonyl (C=O) groups excluding carboxylic acids is 1. The van der Waals surface area contributed by atoms with Crippen LogP contribution in [0.25, 0.3) is 0 Å². The van der Waals surface area contributed by atoms with Gasteiger partial charge in [0, 0.05) is 25.3 Å². The lowest BCUT2D eigenvalue weighted by atomic mass is 10.2. The van der Waals surface area contributed by atoms with Gasteiger partial charge in [0.1, 0.15) is 0 Å². The van der Waals surface area contributed by atoms with Gasteiger partial charge in [-0.1, -0.05) is 12.1 Å². The van der Waals surface area contributed by atoms with E-state index < -0.39 is 6.03 Å². The minimum absolute atomic E-state index is 0.471. The Morgan fingerprint density at radius 1 is 1.29 bits per heavy atom. The van der Waals surface area contributed by atoms with E-state index in [0.29, 0.717) is 6.54 Å². The van der Waals surface area contributed by atoms with Gasteiger partial charge >= 0.3 is 6.03 Å². The minimum Gasteiger partial charge on any atom is -0.378 e. The van der Waals surface area contributed by atoms with Gasteiger partial charge in [-0.05, 0) is 17.7 Å². The largest absolute Gasteiger partial charge is 0.378 e. The Morgan fingerprint density at radius 3 is 2.53 bits per heavy atom. The van der Waals surface area contributed by atoms with Crippen LogP contribution in [-0.2, 0) is 11.3 Å². The van der Waals surface area contributed by atoms with Gasteiger partial charge in [-0.25, -0.2) is 4.79 Å². The smallest absolute Gasteiger partial charge is 0.312 e. The lowest BCUT2D eigenvalue weighted by molar-refractivity contribution is 0.122. The van der Waals surface area contributed by atoms with E-state index >= 15 is 0 Å². The van der Waals surface area contributed by atoms with Crippen LogP contribution in [-0.4, -0.2) is 32.3 Å². The van der Waals surface area contributed by atoms with Crippen molar-refractivity contribution in [2.24, 2.45) is 5.73 Å². The molecule has 0 saturated carbocycles. The van der Waals surface area contributed by atoms with Crippen LogP contribution >= 0.6 is 0 Å². The second-order valence-corrected chi connectivity index (χ2v) is 3.98. The third-order valence-corrected chi connectivity index (χ3v) is 2.78. The fourth-order valence-electron chi connectivity index (χ4n) is 1.84. The summed E-state index contributed by atoms with van der Waals surface area (Å²) in [5, 5.41) is 2.57. The Hall–Kier alpha value is -1.75. The van der Waals surface area contributed by atoms with Gasteiger partial charge < -0.3 is 20.7 Å². The number of morpholine rings is 1. The van der Waals surface area contributed by atoms with Gasteiger partial charge in [0.15, 0.2) is 0 Å². The molecule has 5 heteroatoms. The normalized spacial score (nSPS) is 15.6. The molecule has 2 amide bonds. The molecule has 17 heavy (non-hydrogen) atoms. The van der Waals surface area contributed by atoms with Gasteiger partial charge in [0.05, 0.1) is 13.2 Å². The molecule has 92 valence electrons. The summed E-state index contributed by atoms with van der Waals surface area (Å²) in [6.07, 6.45) is 0. The van der Waals surface area contributed by atoms with Gasteiger partial charge in [-0.2, -0.15) is 0 Å². The van der Waals surface area contributed by atoms with Crippen LogP contribution in [0.3, 0.4) is 0 Å². The zero-order chi connectivity index (χ0) is 12.1. The molecule has 0 bridgehead atoms. The van der Waals surface area contributed by atoms with Crippen molar-refractivity contribution in [3.63, 3.8) is 0 Å². The van der Waals surface area contributed by atoms with Crippen molar-refractivity contribution >= 4 is 11.7 Å². The number of primary amides is 1. The van der Waals surface area contributed by atoms with E-state index in [4.69, 9.17) is 10.5 Å². The standard InChI is InChI=1S/C12H17N3O2/c13-12(16)14-9-10-1-3-11(4-2-10)15-5-7-17-8-6-15/h1-4H,5-9H2,(H3,13,14,16). The third kappa shape index (κ3) is 3.35. The van der Waals surface area contributed by atoms with E-state index in [2.05, 4.69) is 22.3 Å². The molecule has 0 atom stereocenters. The zero-order valence-electron chi connectivity index (χ0n) is 9.69. The number of rotatable bonds is 3. The first-order chi connectivity index (χ1) is 8.25. The molecule has 1 aliphatic rings. The summed E-state index contributed by atoms with van der Waals surface area (Å²) < 4.78 is 5.31. The maximum absolute atomic E-state index is 10.6. The fourth-order valence-corrected chi connectivity index (χ4v) is 1.84. The Labute approximate surface area is 101 Å². The molecule has 0 aliphatic carbocycles. The van der Waals surface area contributed by atoms with E-state index in [0.717, 1.165) is 31.9 Å². The van der Waals surface area contributed by atoms with Crippen molar-refractivity contribution in [3.05, 3.63) is 29.8 Å². The van der Waals surface area contributed by atoms with Crippen LogP contribution in [0, 0.1) is 0 Å². The highest BCUT2D eigenvalue weighted by atomic mass is 16.5. The number of urea groups is 1. The number of ether oxygens (including phenoxy) is 1. The van der Waals surface area contributed by atoms with Gasteiger partial charge in [-0.3, -0.25) is 0 Å². The molecule has 0 aromatic heterocycles. The minimum atomic E-state index is -0.498. The van der Waals surface area contributed by atoms with Crippen molar-refractivity contribution in [2.45, 2.75) is 6.54 Å². The summed E-state index contributed by atoms with van der Waals surface area (Å²) in [6.45, 7) is 3.90. The van der Waals surface area contributed by atoms with E-state index in [9.17, 15) is 4.79 Å². The molecular weight excluding hydrogens is 218 g/mol. The Morgan fingerprint density at radius 2 is 1.94 bits per heavy atom. The maximum Gasteiger partial charge on any atom is 0.312 e. The predicted octanol–water partition coefficient (Wildman–Crippen LogP) is 0.691. The second-order valence-electron chi connectivity index (χ2n) is 3.98. The highest BCUT2D eigenvalue weighted by Gasteiger charge is 2.10. The number of nitrogens with zero attached hydrogens (tertiary/aromatic N) is 1. The summed E-state index contributed by atoms with van der Waals surface area (Å²) in [4.78, 5) is 12.9. The lowest BCUT2D eigenvalue weighted by Crippen LogP contribution is -2.36. The summed E-state index contributed by atoms with van der Waals surface area (Å²) in [6, 6.07) is 7.62. The number of benzene rings is 1. The predicted molar refractivity (Wildman–Crippen MR) is 65.9 cm³/mol. The average molecular weight is 235 g/mol. The summed E-state index contributed by atoms with van der Waals surface area (Å²) in [7, 11) is 0. The van der Waals surface area contributed by atoms with E-state index in [1.54, 1.807) is 0 Å². The summed E-state index contributed by atoms with van der Waals surface area (Å²) >= 11 is 0. The molecule has 1 aliphatic heterocycles. The average Bonchev–Trinajstić information content (AvgIpc) is 2.38. The van der Waals surface area contributed by atoms with Crippen molar-refractivity contribution in [2.75, 3.05) is 31.2 Å². The molecule has 0 spiro atoms. The maximum atomic E-state index is 10.6. The highest BCUT2D eigenvalue weighted by Crippen LogP contribution is 2.16. The molecule has 5 nitrogen and oxygen atoms in total. The Balaban J connectivity index is 1.94. The number of amides is 2. The second kappa shape index (κ2) is 5.54. The third-order valence-electron chi connectivity index (χ3n) is 2.78. The van der Waals surface area contributed by atoms with E-state index in [1.807, 2.05) is 12.1 Å². The van der Waals surface area contributed by atoms with Crippen LogP contribution in [0.5, 0.6) is 0 Å². The van der Waals surface area contributed by atoms with Crippen molar-refractivity contribution in [1.29, 1.82) is 0 Å². The van der Waals surface area contributed by atoms with E-state index in [-0.39, 0.29) is 0 Å². The first-order valence-electron chi connectivity index (χ1n) is 5.70. The number of carbonyl (C=O) groups is 1. The number of hydrogen-bond donors (Lipinski definition) is 2. The zero-order valence-corrected chi connectivity index (χ0v) is 9.69. The quantitative estimate of drug-likeness (QED) is 0.810. The monoisotopic (exact) mass is 235 g/mol. The molecule has 0 radical (unpaired) electrons. The topological polar surface area (TPSA) is 67.6 Å². The van der Waals surface area contributed by atoms with Gasteiger partial charge in [0.2, 0.25) is 0 Å².